The second kappa shape index (κ2) is 23.7. The lowest BCUT2D eigenvalue weighted by atomic mass is 10.1. The molecule has 14 N–H and O–H groups in total. The summed E-state index contributed by atoms with van der Waals surface area (Å²) in [5.74, 6) is -0.488. The largest absolute Gasteiger partial charge is 0.398 e. The van der Waals surface area contributed by atoms with Gasteiger partial charge in [-0.2, -0.15) is 19.3 Å². The number of halogens is 3. The van der Waals surface area contributed by atoms with Gasteiger partial charge >= 0.3 is 26.9 Å². The molecule has 6 aliphatic heterocycles. The molecule has 478 valence electrons. The van der Waals surface area contributed by atoms with E-state index in [-0.39, 0.29) is 64.1 Å². The Bertz CT molecular complexity index is 4410. The van der Waals surface area contributed by atoms with E-state index in [1.54, 1.807) is 18.3 Å². The topological polar surface area (TPSA) is 497 Å². The van der Waals surface area contributed by atoms with Crippen LogP contribution in [-0.4, -0.2) is 187 Å². The van der Waals surface area contributed by atoms with Crippen molar-refractivity contribution in [3.05, 3.63) is 63.8 Å². The fourth-order valence-corrected chi connectivity index (χ4v) is 16.3. The number of nitrogen functional groups attached to an aromatic ring is 4. The van der Waals surface area contributed by atoms with Crippen LogP contribution in [0.15, 0.2) is 52.7 Å². The number of hydrogen-bond acceptors (Lipinski definition) is 31. The molecule has 6 aliphatic rings. The lowest BCUT2D eigenvalue weighted by Crippen LogP contribution is -2.34. The van der Waals surface area contributed by atoms with Gasteiger partial charge < -0.3 is 88.6 Å². The monoisotopic (exact) mass is 1400 g/mol. The normalized spacial score (nSPS) is 37.1. The summed E-state index contributed by atoms with van der Waals surface area (Å²) in [5, 5.41) is 15.9. The Labute approximate surface area is 513 Å². The number of anilines is 4. The van der Waals surface area contributed by atoms with Crippen molar-refractivity contribution < 1.29 is 87.9 Å². The van der Waals surface area contributed by atoms with E-state index in [0.29, 0.717) is 16.7 Å². The number of hydrogen-bond donors (Lipinski definition) is 10. The molecule has 4 bridgehead atoms. The first-order chi connectivity index (χ1) is 42.2. The predicted octanol–water partition coefficient (Wildman–Crippen LogP) is 0.348. The zero-order valence-electron chi connectivity index (χ0n) is 44.4. The molecule has 0 aromatic carbocycles. The van der Waals surface area contributed by atoms with Gasteiger partial charge in [-0.15, -0.1) is 10.2 Å². The van der Waals surface area contributed by atoms with E-state index in [2.05, 4.69) is 55.5 Å². The first-order valence-electron chi connectivity index (χ1n) is 25.9. The van der Waals surface area contributed by atoms with Crippen molar-refractivity contribution in [1.29, 1.82) is 0 Å². The predicted molar refractivity (Wildman–Crippen MR) is 311 cm³/mol. The van der Waals surface area contributed by atoms with E-state index >= 15 is 13.2 Å². The average Bonchev–Trinajstić information content (AvgIpc) is 1.68. The smallest absolute Gasteiger partial charge is 0.325 e. The number of fused-ring (bicyclic) bond motifs is 10. The van der Waals surface area contributed by atoms with E-state index in [1.165, 1.54) is 33.9 Å². The van der Waals surface area contributed by atoms with E-state index in [0.717, 1.165) is 9.36 Å². The highest BCUT2D eigenvalue weighted by Gasteiger charge is 2.55. The van der Waals surface area contributed by atoms with Crippen molar-refractivity contribution in [1.82, 2.24) is 74.0 Å². The van der Waals surface area contributed by atoms with Crippen LogP contribution in [0.1, 0.15) is 31.3 Å². The molecule has 14 rings (SSSR count). The van der Waals surface area contributed by atoms with E-state index in [4.69, 9.17) is 125 Å². The molecule has 37 nitrogen and oxygen atoms in total. The summed E-state index contributed by atoms with van der Waals surface area (Å²) >= 11 is 20.8. The number of aromatic nitrogens is 15. The molecule has 48 heteroatoms. The zero-order valence-corrected chi connectivity index (χ0v) is 51.3. The highest BCUT2D eigenvalue weighted by atomic mass is 32.5. The van der Waals surface area contributed by atoms with Crippen molar-refractivity contribution in [2.75, 3.05) is 49.4 Å². The van der Waals surface area contributed by atoms with Crippen LogP contribution >= 0.6 is 26.9 Å². The lowest BCUT2D eigenvalue weighted by molar-refractivity contribution is -0.0639. The van der Waals surface area contributed by atoms with Crippen molar-refractivity contribution >= 4 is 142 Å². The number of nitrogens with one attached hydrogen (secondary N) is 2. The van der Waals surface area contributed by atoms with Crippen LogP contribution < -0.4 is 34.1 Å². The quantitative estimate of drug-likeness (QED) is 0.106. The molecule has 6 fully saturated rings. The lowest BCUT2D eigenvalue weighted by Gasteiger charge is -2.27. The van der Waals surface area contributed by atoms with Gasteiger partial charge in [0.2, 0.25) is 11.9 Å². The summed E-state index contributed by atoms with van der Waals surface area (Å²) in [6.45, 7) is -19.1. The molecule has 6 saturated heterocycles. The molecule has 8 aromatic rings. The molecule has 89 heavy (non-hydrogen) atoms. The first-order valence-corrected chi connectivity index (χ1v) is 36.2. The van der Waals surface area contributed by atoms with Crippen LogP contribution in [0.3, 0.4) is 0 Å². The Hall–Kier alpha value is -5.18. The second-order valence-corrected chi connectivity index (χ2v) is 31.4. The van der Waals surface area contributed by atoms with Gasteiger partial charge in [0.05, 0.1) is 44.5 Å². The number of alkyl halides is 3. The summed E-state index contributed by atoms with van der Waals surface area (Å²) < 4.78 is 121. The third-order valence-electron chi connectivity index (χ3n) is 14.5. The van der Waals surface area contributed by atoms with Crippen LogP contribution in [0.25, 0.3) is 44.5 Å². The summed E-state index contributed by atoms with van der Waals surface area (Å²) in [4.78, 5) is 93.7. The highest BCUT2D eigenvalue weighted by molar-refractivity contribution is 8.08. The van der Waals surface area contributed by atoms with Crippen molar-refractivity contribution in [3.8, 4) is 0 Å². The Balaban J connectivity index is 0.000000164. The third-order valence-corrected chi connectivity index (χ3v) is 20.7. The summed E-state index contributed by atoms with van der Waals surface area (Å²) in [7, 11) is 0. The van der Waals surface area contributed by atoms with Crippen LogP contribution in [0.4, 0.5) is 36.4 Å². The Morgan fingerprint density at radius 2 is 1.02 bits per heavy atom. The molecule has 8 aromatic heterocycles. The highest BCUT2D eigenvalue weighted by Crippen LogP contribution is 2.57. The minimum absolute atomic E-state index is 0.0219. The number of nitrogens with zero attached hydrogens (tertiary/aromatic N) is 13. The molecule has 0 radical (unpaired) electrons. The maximum absolute atomic E-state index is 16.0. The minimum atomic E-state index is -4.37. The summed E-state index contributed by atoms with van der Waals surface area (Å²) in [5.41, 5.74) is 22.9. The minimum Gasteiger partial charge on any atom is -0.398 e. The van der Waals surface area contributed by atoms with E-state index < -0.39 is 150 Å². The van der Waals surface area contributed by atoms with Crippen molar-refractivity contribution in [2.45, 2.75) is 98.7 Å². The van der Waals surface area contributed by atoms with Gasteiger partial charge in [-0.05, 0) is 65.4 Å². The summed E-state index contributed by atoms with van der Waals surface area (Å²) in [6, 6.07) is 4.78. The van der Waals surface area contributed by atoms with E-state index in [1.807, 2.05) is 0 Å². The first kappa shape index (κ1) is 62.6. The van der Waals surface area contributed by atoms with E-state index in [9.17, 15) is 29.2 Å². The molecule has 0 aliphatic carbocycles. The SMILES string of the molecule is Nc1nc2c(nnn2[C@@H]2O[C@@H]3COP(O)(=S)O[C@H]4[C@H](F)[C@H](n5ccc6c(N)ccnc65)O[C@@H]4COP(O)(=S)O[C@@H]2C3)c(=O)[nH]1.Nc1nc2c(nnn2[C@@H]2O[C@@H]3COP(O)(=S)O[C@H]4[C@H](F)[C@H](n5cnc6c(N)ccnc65)O[C@@H]4COP(O)(=S)O[C@@H]2[C@@H]3F)c(=O)[nH]1. The molecule has 0 saturated carbocycles. The van der Waals surface area contributed by atoms with Gasteiger partial charge in [0.25, 0.3) is 11.1 Å². The Morgan fingerprint density at radius 3 is 1.62 bits per heavy atom. The summed E-state index contributed by atoms with van der Waals surface area (Å²) in [6.07, 6.45) is -16.6. The standard InChI is InChI=1S/C21H24FN9O9P2S2.C20H22F2N10O9P2S2/c22-13-15-12(38-20(13)30-4-2-9-10(23)1-3-25-16(9)30)7-36-41(33,43)39-11-5-8(6-35-42(34,44)40-15)37-19(11)31-17-14(28-29-31)18(32)27-21(24)26-17;21-9-7-3-36-42(34,44)40-13-8(39-18(10(13)22)31-5-26-11-6(23)1-2-25-15(11)31)4-37-43(35,45)41-14(9)19(38-7)32-16-12(29-30-32)17(33)28-20(24)27-16/h1-4,8,11-13,15,19-20H,5-7H2,(H2,23,25)(H,33,43)(H,34,44)(H3,24,26,27,32);1-2,5,7-10,13-14,18-19H,3-4H2,(H2,23,25)(H,34,44)(H,35,45)(H3,24,27,28,33)/t8-,11+,12+,13-,15+,19+,20+,41?,42?;7-,8-,9-,10+,13-,14-,18-,19-,42?,43?/m01/s1. The maximum Gasteiger partial charge on any atom is 0.325 e. The number of nitrogens with two attached hydrogens (primary N) is 4. The molecule has 4 unspecified atom stereocenters. The number of imidazole rings is 1. The van der Waals surface area contributed by atoms with Gasteiger partial charge in [-0.1, -0.05) is 10.4 Å². The van der Waals surface area contributed by atoms with Crippen LogP contribution in [-0.2, 0) is 102 Å². The van der Waals surface area contributed by atoms with Crippen molar-refractivity contribution in [3.63, 3.8) is 0 Å². The fourth-order valence-electron chi connectivity index (χ4n) is 10.5. The van der Waals surface area contributed by atoms with Gasteiger partial charge in [0.1, 0.15) is 53.9 Å². The Morgan fingerprint density at radius 1 is 0.528 bits per heavy atom. The zero-order chi connectivity index (χ0) is 62.8. The van der Waals surface area contributed by atoms with Gasteiger partial charge in [0.15, 0.2) is 71.4 Å². The molecule has 19 atom stereocenters. The number of ether oxygens (including phenoxy) is 4. The van der Waals surface area contributed by atoms with Gasteiger partial charge in [0, 0.05) is 36.1 Å². The number of pyridine rings is 2. The fraction of sp³-hybridized carbons (Fsp3) is 0.488. The number of rotatable bonds is 4. The maximum atomic E-state index is 16.0. The second-order valence-electron chi connectivity index (χ2n) is 20.2. The van der Waals surface area contributed by atoms with Crippen LogP contribution in [0, 0.1) is 0 Å². The van der Waals surface area contributed by atoms with Gasteiger partial charge in [-0.25, -0.2) is 28.1 Å². The molecule has 14 heterocycles. The Kier molecular flexibility index (Phi) is 16.7. The molecular weight excluding hydrogens is 1360 g/mol. The number of H-pyrrole nitrogens is 2. The molecule has 0 spiro atoms. The van der Waals surface area contributed by atoms with Gasteiger partial charge in [-0.3, -0.25) is 37.7 Å². The third kappa shape index (κ3) is 12.2. The molecule has 0 amide bonds. The molecular formula is C41H46F3N19O18P4S4. The number of aromatic amines is 2. The van der Waals surface area contributed by atoms with Crippen LogP contribution in [0.5, 0.6) is 0 Å². The average molecular weight is 1400 g/mol. The van der Waals surface area contributed by atoms with Crippen molar-refractivity contribution in [2.24, 2.45) is 0 Å². The van der Waals surface area contributed by atoms with Crippen LogP contribution in [0.2, 0.25) is 0 Å².